The first-order valence-electron chi connectivity index (χ1n) is 12.4. The molecule has 0 saturated heterocycles. The van der Waals surface area contributed by atoms with Gasteiger partial charge in [0.25, 0.3) is 5.91 Å². The van der Waals surface area contributed by atoms with E-state index in [4.69, 9.17) is 13.6 Å². The number of carbonyl (C=O) groups is 1. The summed E-state index contributed by atoms with van der Waals surface area (Å²) < 4.78 is 64.0. The van der Waals surface area contributed by atoms with Crippen LogP contribution in [0.15, 0.2) is 36.8 Å². The van der Waals surface area contributed by atoms with E-state index in [-0.39, 0.29) is 47.5 Å². The molecule has 1 amide bonds. The van der Waals surface area contributed by atoms with Crippen molar-refractivity contribution in [1.82, 2.24) is 30.0 Å². The third-order valence-corrected chi connectivity index (χ3v) is 5.48. The summed E-state index contributed by atoms with van der Waals surface area (Å²) in [5.41, 5.74) is 1.21. The van der Waals surface area contributed by atoms with Crippen LogP contribution in [0.2, 0.25) is 0 Å². The Morgan fingerprint density at radius 2 is 2.08 bits per heavy atom. The first kappa shape index (κ1) is 20.5. The van der Waals surface area contributed by atoms with Crippen molar-refractivity contribution < 1.29 is 27.2 Å². The van der Waals surface area contributed by atoms with E-state index in [1.165, 1.54) is 24.2 Å². The molecule has 0 atom stereocenters. The highest BCUT2D eigenvalue weighted by atomic mass is 19.2. The van der Waals surface area contributed by atoms with Crippen molar-refractivity contribution in [3.63, 3.8) is 0 Å². The van der Waals surface area contributed by atoms with Crippen LogP contribution in [0.4, 0.5) is 31.9 Å². The second-order valence-electron chi connectivity index (χ2n) is 8.05. The van der Waals surface area contributed by atoms with E-state index >= 15 is 0 Å². The van der Waals surface area contributed by atoms with Crippen molar-refractivity contribution in [2.75, 3.05) is 24.7 Å². The van der Waals surface area contributed by atoms with E-state index in [1.54, 1.807) is 19.2 Å². The number of amides is 1. The number of benzene rings is 2. The SMILES string of the molecule is [2H]C([2H])([2H])NC(=O)c1cnc2nc1Nc1cc(cc(-c3ncn(C)n3)c1OC)COCc1cc(cc(F)c1F)N2. The Labute approximate surface area is 214 Å². The Morgan fingerprint density at radius 3 is 2.84 bits per heavy atom. The second kappa shape index (κ2) is 9.78. The minimum Gasteiger partial charge on any atom is -0.494 e. The number of ether oxygens (including phenoxy) is 2. The summed E-state index contributed by atoms with van der Waals surface area (Å²) in [5, 5.41) is 12.0. The molecule has 3 heterocycles. The highest BCUT2D eigenvalue weighted by Gasteiger charge is 2.21. The zero-order valence-electron chi connectivity index (χ0n) is 22.6. The van der Waals surface area contributed by atoms with Crippen molar-refractivity contribution in [1.29, 1.82) is 0 Å². The van der Waals surface area contributed by atoms with E-state index < -0.39 is 24.5 Å². The van der Waals surface area contributed by atoms with Crippen molar-refractivity contribution >= 4 is 29.0 Å². The number of rotatable bonds is 3. The first-order chi connectivity index (χ1) is 19.0. The van der Waals surface area contributed by atoms with Crippen LogP contribution in [-0.2, 0) is 25.0 Å². The maximum absolute atomic E-state index is 14.5. The van der Waals surface area contributed by atoms with E-state index in [0.717, 1.165) is 12.3 Å². The van der Waals surface area contributed by atoms with Crippen LogP contribution in [0.3, 0.4) is 0 Å². The Hall–Kier alpha value is -4.65. The molecule has 1 aliphatic rings. The normalized spacial score (nSPS) is 14.2. The largest absolute Gasteiger partial charge is 0.494 e. The summed E-state index contributed by atoms with van der Waals surface area (Å²) >= 11 is 0. The molecule has 0 spiro atoms. The number of aryl methyl sites for hydroxylation is 1. The number of halogens is 2. The van der Waals surface area contributed by atoms with E-state index in [0.29, 0.717) is 22.6 Å². The molecule has 6 bridgehead atoms. The predicted molar refractivity (Wildman–Crippen MR) is 130 cm³/mol. The van der Waals surface area contributed by atoms with Gasteiger partial charge in [-0.15, -0.1) is 0 Å². The number of anilines is 4. The molecule has 0 radical (unpaired) electrons. The fourth-order valence-corrected chi connectivity index (χ4v) is 3.84. The smallest absolute Gasteiger partial charge is 0.256 e. The maximum Gasteiger partial charge on any atom is 0.256 e. The van der Waals surface area contributed by atoms with E-state index in [1.807, 2.05) is 5.32 Å². The molecule has 37 heavy (non-hydrogen) atoms. The Kier molecular flexibility index (Phi) is 5.43. The summed E-state index contributed by atoms with van der Waals surface area (Å²) in [7, 11) is 3.13. The van der Waals surface area contributed by atoms with E-state index in [9.17, 15) is 13.6 Å². The average Bonchev–Trinajstić information content (AvgIpc) is 3.31. The topological polar surface area (TPSA) is 128 Å². The van der Waals surface area contributed by atoms with Gasteiger partial charge in [0, 0.05) is 41.6 Å². The highest BCUT2D eigenvalue weighted by molar-refractivity contribution is 5.99. The summed E-state index contributed by atoms with van der Waals surface area (Å²) in [6, 6.07) is 5.63. The van der Waals surface area contributed by atoms with Crippen molar-refractivity contribution in [2.24, 2.45) is 7.05 Å². The average molecular weight is 512 g/mol. The monoisotopic (exact) mass is 511 g/mol. The van der Waals surface area contributed by atoms with Gasteiger partial charge in [-0.05, 0) is 23.8 Å². The summed E-state index contributed by atoms with van der Waals surface area (Å²) in [6.45, 7) is -3.06. The van der Waals surface area contributed by atoms with Crippen LogP contribution >= 0.6 is 0 Å². The Morgan fingerprint density at radius 1 is 1.22 bits per heavy atom. The summed E-state index contributed by atoms with van der Waals surface area (Å²) in [4.78, 5) is 25.6. The molecule has 4 aromatic rings. The molecule has 13 heteroatoms. The number of methoxy groups -OCH3 is 1. The third kappa shape index (κ3) is 4.76. The number of nitrogens with zero attached hydrogens (tertiary/aromatic N) is 5. The molecule has 5 rings (SSSR count). The van der Waals surface area contributed by atoms with Gasteiger partial charge in [0.2, 0.25) is 5.95 Å². The molecule has 0 fully saturated rings. The number of carbonyl (C=O) groups excluding carboxylic acids is 1. The van der Waals surface area contributed by atoms with Gasteiger partial charge in [0.15, 0.2) is 23.2 Å². The van der Waals surface area contributed by atoms with Gasteiger partial charge in [0.05, 0.1) is 31.6 Å². The molecule has 0 unspecified atom stereocenters. The van der Waals surface area contributed by atoms with Gasteiger partial charge in [-0.2, -0.15) is 10.1 Å². The van der Waals surface area contributed by atoms with Gasteiger partial charge >= 0.3 is 0 Å². The molecule has 2 aromatic heterocycles. The predicted octanol–water partition coefficient (Wildman–Crippen LogP) is 3.44. The van der Waals surface area contributed by atoms with Crippen LogP contribution in [0.5, 0.6) is 5.75 Å². The van der Waals surface area contributed by atoms with Crippen LogP contribution in [0, 0.1) is 11.6 Å². The Balaban J connectivity index is 1.70. The zero-order chi connectivity index (χ0) is 28.6. The van der Waals surface area contributed by atoms with Crippen LogP contribution in [-0.4, -0.2) is 44.7 Å². The first-order valence-corrected chi connectivity index (χ1v) is 10.9. The minimum atomic E-state index is -2.78. The van der Waals surface area contributed by atoms with E-state index in [2.05, 4.69) is 30.7 Å². The van der Waals surface area contributed by atoms with Gasteiger partial charge in [0.1, 0.15) is 17.7 Å². The molecule has 3 N–H and O–H groups in total. The van der Waals surface area contributed by atoms with Gasteiger partial charge in [-0.25, -0.2) is 18.7 Å². The number of hydrogen-bond donors (Lipinski definition) is 3. The summed E-state index contributed by atoms with van der Waals surface area (Å²) in [6.07, 6.45) is 2.60. The third-order valence-electron chi connectivity index (χ3n) is 5.48. The fraction of sp³-hybridized carbons (Fsp3) is 0.208. The van der Waals surface area contributed by atoms with Crippen molar-refractivity contribution in [2.45, 2.75) is 13.2 Å². The Bertz CT molecular complexity index is 1610. The molecular formula is C24H22F2N8O3. The molecule has 2 aromatic carbocycles. The lowest BCUT2D eigenvalue weighted by Crippen LogP contribution is -2.20. The van der Waals surface area contributed by atoms with Gasteiger partial charge in [-0.1, -0.05) is 0 Å². The van der Waals surface area contributed by atoms with Gasteiger partial charge in [-0.3, -0.25) is 9.48 Å². The molecule has 190 valence electrons. The van der Waals surface area contributed by atoms with Crippen LogP contribution < -0.4 is 20.7 Å². The number of nitrogens with one attached hydrogen (secondary N) is 3. The molecular weight excluding hydrogens is 486 g/mol. The van der Waals surface area contributed by atoms with Crippen LogP contribution in [0.1, 0.15) is 25.6 Å². The fourth-order valence-electron chi connectivity index (χ4n) is 3.84. The lowest BCUT2D eigenvalue weighted by molar-refractivity contribution is 0.0963. The van der Waals surface area contributed by atoms with Crippen molar-refractivity contribution in [3.05, 3.63) is 65.1 Å². The minimum absolute atomic E-state index is 0.0291. The van der Waals surface area contributed by atoms with Gasteiger partial charge < -0.3 is 25.4 Å². The standard InChI is InChI=1S/C24H22F2N8O3/c1-27-23(35)16-8-28-24-30-14-6-13(19(26)17(25)7-14)10-37-9-12-4-15(21-29-11-34(2)33-21)20(36-3)18(5-12)31-22(16)32-24/h4-8,11H,9-10H2,1-3H3,(H,27,35)(H2,28,30,31,32)/i1D3. The highest BCUT2D eigenvalue weighted by Crippen LogP contribution is 2.39. The summed E-state index contributed by atoms with van der Waals surface area (Å²) in [5.74, 6) is -2.74. The van der Waals surface area contributed by atoms with Crippen LogP contribution in [0.25, 0.3) is 11.4 Å². The number of hydrogen-bond acceptors (Lipinski definition) is 9. The second-order valence-corrected chi connectivity index (χ2v) is 8.05. The molecule has 0 aliphatic carbocycles. The molecule has 11 nitrogen and oxygen atoms in total. The zero-order valence-corrected chi connectivity index (χ0v) is 19.6. The molecule has 1 aliphatic heterocycles. The lowest BCUT2D eigenvalue weighted by Gasteiger charge is -2.19. The maximum atomic E-state index is 14.5. The number of aromatic nitrogens is 5. The number of fused-ring (bicyclic) bond motifs is 6. The molecule has 0 saturated carbocycles. The van der Waals surface area contributed by atoms with Crippen molar-refractivity contribution in [3.8, 4) is 17.1 Å². The lowest BCUT2D eigenvalue weighted by atomic mass is 10.1. The quantitative estimate of drug-likeness (QED) is 0.379.